The number of hydrogen-bond acceptors (Lipinski definition) is 2. The van der Waals surface area contributed by atoms with Crippen LogP contribution < -0.4 is 5.56 Å². The van der Waals surface area contributed by atoms with Crippen molar-refractivity contribution in [2.45, 2.75) is 52.5 Å². The van der Waals surface area contributed by atoms with Crippen LogP contribution in [-0.4, -0.2) is 10.9 Å². The molecule has 0 atom stereocenters. The topological polar surface area (TPSA) is 39.1 Å². The Morgan fingerprint density at radius 3 is 2.41 bits per heavy atom. The van der Waals surface area contributed by atoms with Gasteiger partial charge in [0.1, 0.15) is 0 Å². The van der Waals surface area contributed by atoms with Crippen LogP contribution in [0.15, 0.2) is 16.9 Å². The van der Waals surface area contributed by atoms with Crippen molar-refractivity contribution in [1.29, 1.82) is 0 Å². The molecule has 0 spiro atoms. The van der Waals surface area contributed by atoms with Gasteiger partial charge in [0.25, 0.3) is 5.56 Å². The van der Waals surface area contributed by atoms with Gasteiger partial charge in [-0.15, -0.1) is 0 Å². The molecular formula is C14H21NO2. The van der Waals surface area contributed by atoms with E-state index in [9.17, 15) is 9.59 Å². The Balaban J connectivity index is 3.36. The SMILES string of the molecule is CCCCn1c(C(C)(C)C)ccc(C=O)c1=O. The average Bonchev–Trinajstić information content (AvgIpc) is 2.25. The molecule has 1 heterocycles. The van der Waals surface area contributed by atoms with Gasteiger partial charge in [0.15, 0.2) is 6.29 Å². The van der Waals surface area contributed by atoms with Gasteiger partial charge in [-0.1, -0.05) is 34.1 Å². The third-order valence-corrected chi connectivity index (χ3v) is 2.83. The van der Waals surface area contributed by atoms with E-state index in [-0.39, 0.29) is 16.5 Å². The molecule has 0 aliphatic carbocycles. The van der Waals surface area contributed by atoms with Gasteiger partial charge in [-0.25, -0.2) is 0 Å². The van der Waals surface area contributed by atoms with Crippen molar-refractivity contribution in [2.24, 2.45) is 0 Å². The minimum atomic E-state index is -0.166. The molecule has 0 aromatic carbocycles. The van der Waals surface area contributed by atoms with Gasteiger partial charge in [0, 0.05) is 17.7 Å². The molecule has 0 bridgehead atoms. The Morgan fingerprint density at radius 2 is 1.94 bits per heavy atom. The zero-order chi connectivity index (χ0) is 13.1. The summed E-state index contributed by atoms with van der Waals surface area (Å²) >= 11 is 0. The van der Waals surface area contributed by atoms with Crippen molar-refractivity contribution < 1.29 is 4.79 Å². The second-order valence-electron chi connectivity index (χ2n) is 5.35. The second-order valence-corrected chi connectivity index (χ2v) is 5.35. The van der Waals surface area contributed by atoms with E-state index in [4.69, 9.17) is 0 Å². The molecule has 3 heteroatoms. The van der Waals surface area contributed by atoms with Crippen molar-refractivity contribution in [3.05, 3.63) is 33.7 Å². The minimum absolute atomic E-state index is 0.0890. The lowest BCUT2D eigenvalue weighted by atomic mass is 9.90. The summed E-state index contributed by atoms with van der Waals surface area (Å²) in [6.45, 7) is 9.00. The molecule has 0 saturated heterocycles. The van der Waals surface area contributed by atoms with E-state index >= 15 is 0 Å². The summed E-state index contributed by atoms with van der Waals surface area (Å²) in [5.41, 5.74) is 0.977. The maximum atomic E-state index is 12.1. The number of aromatic nitrogens is 1. The second kappa shape index (κ2) is 5.30. The normalized spacial score (nSPS) is 11.5. The highest BCUT2D eigenvalue weighted by Crippen LogP contribution is 2.21. The highest BCUT2D eigenvalue weighted by atomic mass is 16.1. The van der Waals surface area contributed by atoms with Crippen LogP contribution in [0.4, 0.5) is 0 Å². The van der Waals surface area contributed by atoms with E-state index in [0.29, 0.717) is 12.8 Å². The van der Waals surface area contributed by atoms with Crippen LogP contribution in [0.25, 0.3) is 0 Å². The highest BCUT2D eigenvalue weighted by molar-refractivity contribution is 5.74. The number of carbonyl (C=O) groups excluding carboxylic acids is 1. The Morgan fingerprint density at radius 1 is 1.29 bits per heavy atom. The Hall–Kier alpha value is -1.38. The first-order chi connectivity index (χ1) is 7.91. The Bertz CT molecular complexity index is 452. The summed E-state index contributed by atoms with van der Waals surface area (Å²) in [7, 11) is 0. The summed E-state index contributed by atoms with van der Waals surface area (Å²) in [5.74, 6) is 0. The molecule has 1 aromatic heterocycles. The number of nitrogens with zero attached hydrogens (tertiary/aromatic N) is 1. The van der Waals surface area contributed by atoms with E-state index in [1.54, 1.807) is 10.6 Å². The van der Waals surface area contributed by atoms with E-state index in [0.717, 1.165) is 18.5 Å². The number of aldehydes is 1. The lowest BCUT2D eigenvalue weighted by molar-refractivity contribution is 0.112. The van der Waals surface area contributed by atoms with E-state index < -0.39 is 0 Å². The molecule has 17 heavy (non-hydrogen) atoms. The lowest BCUT2D eigenvalue weighted by Crippen LogP contribution is -2.31. The van der Waals surface area contributed by atoms with Crippen molar-refractivity contribution in [3.63, 3.8) is 0 Å². The van der Waals surface area contributed by atoms with Gasteiger partial charge in [0.2, 0.25) is 0 Å². The lowest BCUT2D eigenvalue weighted by Gasteiger charge is -2.24. The summed E-state index contributed by atoms with van der Waals surface area (Å²) in [4.78, 5) is 22.9. The molecule has 0 saturated carbocycles. The highest BCUT2D eigenvalue weighted by Gasteiger charge is 2.19. The van der Waals surface area contributed by atoms with Crippen LogP contribution in [-0.2, 0) is 12.0 Å². The predicted octanol–water partition coefficient (Wildman–Crippen LogP) is 2.76. The molecular weight excluding hydrogens is 214 g/mol. The zero-order valence-electron chi connectivity index (χ0n) is 11.1. The number of rotatable bonds is 4. The number of carbonyl (C=O) groups is 1. The molecule has 1 rings (SSSR count). The zero-order valence-corrected chi connectivity index (χ0v) is 11.1. The number of unbranched alkanes of at least 4 members (excludes halogenated alkanes) is 1. The number of hydrogen-bond donors (Lipinski definition) is 0. The van der Waals surface area contributed by atoms with E-state index in [2.05, 4.69) is 27.7 Å². The van der Waals surface area contributed by atoms with Crippen molar-refractivity contribution in [3.8, 4) is 0 Å². The molecule has 1 aromatic rings. The van der Waals surface area contributed by atoms with Crippen molar-refractivity contribution >= 4 is 6.29 Å². The molecule has 3 nitrogen and oxygen atoms in total. The third-order valence-electron chi connectivity index (χ3n) is 2.83. The van der Waals surface area contributed by atoms with Crippen molar-refractivity contribution in [2.75, 3.05) is 0 Å². The van der Waals surface area contributed by atoms with Crippen LogP contribution >= 0.6 is 0 Å². The monoisotopic (exact) mass is 235 g/mol. The van der Waals surface area contributed by atoms with Crippen LogP contribution in [0.3, 0.4) is 0 Å². The molecule has 0 N–H and O–H groups in total. The molecule has 0 radical (unpaired) electrons. The van der Waals surface area contributed by atoms with Gasteiger partial charge >= 0.3 is 0 Å². The van der Waals surface area contributed by atoms with E-state index in [1.807, 2.05) is 6.07 Å². The Kier molecular flexibility index (Phi) is 4.27. The standard InChI is InChI=1S/C14H21NO2/c1-5-6-9-15-12(14(2,3)4)8-7-11(10-16)13(15)17/h7-8,10H,5-6,9H2,1-4H3. The smallest absolute Gasteiger partial charge is 0.261 e. The first-order valence-corrected chi connectivity index (χ1v) is 6.11. The van der Waals surface area contributed by atoms with Crippen LogP contribution in [0.2, 0.25) is 0 Å². The quantitative estimate of drug-likeness (QED) is 0.753. The third kappa shape index (κ3) is 3.05. The van der Waals surface area contributed by atoms with Crippen molar-refractivity contribution in [1.82, 2.24) is 4.57 Å². The van der Waals surface area contributed by atoms with Crippen LogP contribution in [0, 0.1) is 0 Å². The summed E-state index contributed by atoms with van der Waals surface area (Å²) in [6.07, 6.45) is 2.61. The first kappa shape index (κ1) is 13.7. The fourth-order valence-electron chi connectivity index (χ4n) is 1.88. The van der Waals surface area contributed by atoms with E-state index in [1.165, 1.54) is 0 Å². The first-order valence-electron chi connectivity index (χ1n) is 6.11. The minimum Gasteiger partial charge on any atom is -0.312 e. The molecule has 0 unspecified atom stereocenters. The maximum absolute atomic E-state index is 12.1. The predicted molar refractivity (Wildman–Crippen MR) is 69.7 cm³/mol. The number of pyridine rings is 1. The van der Waals surface area contributed by atoms with Gasteiger partial charge in [-0.2, -0.15) is 0 Å². The average molecular weight is 235 g/mol. The fraction of sp³-hybridized carbons (Fsp3) is 0.571. The van der Waals surface area contributed by atoms with Crippen LogP contribution in [0.1, 0.15) is 56.6 Å². The van der Waals surface area contributed by atoms with Gasteiger partial charge < -0.3 is 4.57 Å². The van der Waals surface area contributed by atoms with Gasteiger partial charge in [-0.3, -0.25) is 9.59 Å². The Labute approximate surface area is 102 Å². The molecule has 0 aliphatic heterocycles. The fourth-order valence-corrected chi connectivity index (χ4v) is 1.88. The van der Waals surface area contributed by atoms with Gasteiger partial charge in [0.05, 0.1) is 5.56 Å². The maximum Gasteiger partial charge on any atom is 0.261 e. The largest absolute Gasteiger partial charge is 0.312 e. The summed E-state index contributed by atoms with van der Waals surface area (Å²) < 4.78 is 1.74. The molecule has 94 valence electrons. The summed E-state index contributed by atoms with van der Waals surface area (Å²) in [5, 5.41) is 0. The molecule has 0 aliphatic rings. The summed E-state index contributed by atoms with van der Waals surface area (Å²) in [6, 6.07) is 3.51. The van der Waals surface area contributed by atoms with Gasteiger partial charge in [-0.05, 0) is 18.6 Å². The molecule has 0 amide bonds. The molecule has 0 fully saturated rings. The van der Waals surface area contributed by atoms with Crippen LogP contribution in [0.5, 0.6) is 0 Å².